The van der Waals surface area contributed by atoms with Crippen LogP contribution in [0.5, 0.6) is 0 Å². The maximum Gasteiger partial charge on any atom is 0.0417 e. The molecule has 1 unspecified atom stereocenters. The minimum absolute atomic E-state index is 0.102. The average Bonchev–Trinajstić information content (AvgIpc) is 2.16. The number of halogens is 2. The fraction of sp³-hybridized carbons (Fsp3) is 0.538. The molecule has 0 amide bonds. The molecule has 0 fully saturated rings. The van der Waals surface area contributed by atoms with Gasteiger partial charge in [-0.3, -0.25) is 0 Å². The van der Waals surface area contributed by atoms with E-state index in [2.05, 4.69) is 29.8 Å². The van der Waals surface area contributed by atoms with Crippen molar-refractivity contribution in [1.29, 1.82) is 0 Å². The smallest absolute Gasteiger partial charge is 0.0417 e. The molecule has 0 spiro atoms. The minimum atomic E-state index is 0.102. The van der Waals surface area contributed by atoms with Gasteiger partial charge in [0.25, 0.3) is 0 Å². The van der Waals surface area contributed by atoms with Gasteiger partial charge in [-0.15, -0.1) is 0 Å². The van der Waals surface area contributed by atoms with Gasteiger partial charge in [0.15, 0.2) is 0 Å². The highest BCUT2D eigenvalue weighted by molar-refractivity contribution is 9.10. The Morgan fingerprint density at radius 2 is 2.00 bits per heavy atom. The van der Waals surface area contributed by atoms with Crippen LogP contribution in [0.3, 0.4) is 0 Å². The summed E-state index contributed by atoms with van der Waals surface area (Å²) >= 11 is 9.40. The van der Waals surface area contributed by atoms with Crippen molar-refractivity contribution in [2.45, 2.75) is 39.2 Å². The first kappa shape index (κ1) is 14.0. The SMILES string of the molecule is CC(C)CCCC(N)c1ccc(Cl)cc1Br. The molecule has 1 aromatic rings. The molecule has 2 N–H and O–H groups in total. The summed E-state index contributed by atoms with van der Waals surface area (Å²) in [6.07, 6.45) is 3.44. The van der Waals surface area contributed by atoms with E-state index in [1.807, 2.05) is 18.2 Å². The summed E-state index contributed by atoms with van der Waals surface area (Å²) in [6.45, 7) is 4.48. The third-order valence-corrected chi connectivity index (χ3v) is 3.58. The fourth-order valence-electron chi connectivity index (χ4n) is 1.70. The lowest BCUT2D eigenvalue weighted by molar-refractivity contribution is 0.505. The Kier molecular flexibility index (Phi) is 5.81. The van der Waals surface area contributed by atoms with E-state index in [1.54, 1.807) is 0 Å². The van der Waals surface area contributed by atoms with Crippen molar-refractivity contribution in [3.8, 4) is 0 Å². The molecule has 0 heterocycles. The zero-order valence-electron chi connectivity index (χ0n) is 9.84. The Hall–Kier alpha value is -0.0500. The van der Waals surface area contributed by atoms with Crippen molar-refractivity contribution in [2.24, 2.45) is 11.7 Å². The van der Waals surface area contributed by atoms with E-state index in [-0.39, 0.29) is 6.04 Å². The Labute approximate surface area is 111 Å². The number of hydrogen-bond donors (Lipinski definition) is 1. The van der Waals surface area contributed by atoms with Crippen molar-refractivity contribution in [3.63, 3.8) is 0 Å². The van der Waals surface area contributed by atoms with Crippen molar-refractivity contribution in [1.82, 2.24) is 0 Å². The standard InChI is InChI=1S/C13H19BrClN/c1-9(2)4-3-5-13(16)11-7-6-10(15)8-12(11)14/h6-9,13H,3-5,16H2,1-2H3. The lowest BCUT2D eigenvalue weighted by atomic mass is 9.99. The summed E-state index contributed by atoms with van der Waals surface area (Å²) in [7, 11) is 0. The number of rotatable bonds is 5. The average molecular weight is 305 g/mol. The summed E-state index contributed by atoms with van der Waals surface area (Å²) in [5.41, 5.74) is 7.31. The van der Waals surface area contributed by atoms with Crippen molar-refractivity contribution in [2.75, 3.05) is 0 Å². The van der Waals surface area contributed by atoms with Crippen molar-refractivity contribution < 1.29 is 0 Å². The molecule has 0 aliphatic carbocycles. The lowest BCUT2D eigenvalue weighted by Crippen LogP contribution is -2.11. The summed E-state index contributed by atoms with van der Waals surface area (Å²) in [5.74, 6) is 0.751. The Balaban J connectivity index is 2.55. The first-order valence-electron chi connectivity index (χ1n) is 5.71. The second-order valence-electron chi connectivity index (χ2n) is 4.60. The lowest BCUT2D eigenvalue weighted by Gasteiger charge is -2.14. The van der Waals surface area contributed by atoms with Crippen LogP contribution in [0, 0.1) is 5.92 Å². The second kappa shape index (κ2) is 6.63. The molecule has 1 rings (SSSR count). The van der Waals surface area contributed by atoms with E-state index in [9.17, 15) is 0 Å². The summed E-state index contributed by atoms with van der Waals surface area (Å²) in [5, 5.41) is 0.741. The van der Waals surface area contributed by atoms with Crippen LogP contribution < -0.4 is 5.73 Å². The van der Waals surface area contributed by atoms with E-state index in [4.69, 9.17) is 17.3 Å². The third-order valence-electron chi connectivity index (χ3n) is 2.66. The van der Waals surface area contributed by atoms with Crippen LogP contribution in [-0.4, -0.2) is 0 Å². The molecule has 0 saturated heterocycles. The van der Waals surface area contributed by atoms with Crippen molar-refractivity contribution in [3.05, 3.63) is 33.3 Å². The molecular formula is C13H19BrClN. The topological polar surface area (TPSA) is 26.0 Å². The van der Waals surface area contributed by atoms with Gasteiger partial charge in [-0.1, -0.05) is 60.3 Å². The zero-order valence-corrected chi connectivity index (χ0v) is 12.2. The summed E-state index contributed by atoms with van der Waals surface area (Å²) < 4.78 is 1.01. The molecule has 0 radical (unpaired) electrons. The van der Waals surface area contributed by atoms with Crippen LogP contribution in [0.1, 0.15) is 44.7 Å². The van der Waals surface area contributed by atoms with Gasteiger partial charge in [0.1, 0.15) is 0 Å². The van der Waals surface area contributed by atoms with Crippen LogP contribution in [0.2, 0.25) is 5.02 Å². The molecule has 0 saturated carbocycles. The predicted molar refractivity (Wildman–Crippen MR) is 74.8 cm³/mol. The van der Waals surface area contributed by atoms with Crippen LogP contribution in [0.4, 0.5) is 0 Å². The Bertz CT molecular complexity index is 339. The second-order valence-corrected chi connectivity index (χ2v) is 5.89. The maximum atomic E-state index is 6.16. The van der Waals surface area contributed by atoms with E-state index in [1.165, 1.54) is 12.8 Å². The number of benzene rings is 1. The Morgan fingerprint density at radius 3 is 2.56 bits per heavy atom. The zero-order chi connectivity index (χ0) is 12.1. The Morgan fingerprint density at radius 1 is 1.31 bits per heavy atom. The quantitative estimate of drug-likeness (QED) is 0.820. The van der Waals surface area contributed by atoms with Crippen LogP contribution in [-0.2, 0) is 0 Å². The number of nitrogens with two attached hydrogens (primary N) is 1. The van der Waals surface area contributed by atoms with Gasteiger partial charge in [0.2, 0.25) is 0 Å². The fourth-order valence-corrected chi connectivity index (χ4v) is 2.68. The van der Waals surface area contributed by atoms with E-state index in [0.717, 1.165) is 27.4 Å². The van der Waals surface area contributed by atoms with E-state index < -0.39 is 0 Å². The highest BCUT2D eigenvalue weighted by Gasteiger charge is 2.10. The maximum absolute atomic E-state index is 6.16. The van der Waals surface area contributed by atoms with Gasteiger partial charge >= 0.3 is 0 Å². The first-order valence-corrected chi connectivity index (χ1v) is 6.88. The van der Waals surface area contributed by atoms with E-state index in [0.29, 0.717) is 0 Å². The summed E-state index contributed by atoms with van der Waals surface area (Å²) in [4.78, 5) is 0. The van der Waals surface area contributed by atoms with Crippen LogP contribution in [0.15, 0.2) is 22.7 Å². The molecule has 1 nitrogen and oxygen atoms in total. The van der Waals surface area contributed by atoms with Gasteiger partial charge in [0.05, 0.1) is 0 Å². The molecular weight excluding hydrogens is 286 g/mol. The van der Waals surface area contributed by atoms with E-state index >= 15 is 0 Å². The monoisotopic (exact) mass is 303 g/mol. The predicted octanol–water partition coefficient (Wildman–Crippen LogP) is 4.93. The highest BCUT2D eigenvalue weighted by Crippen LogP contribution is 2.28. The minimum Gasteiger partial charge on any atom is -0.324 e. The molecule has 0 aromatic heterocycles. The molecule has 0 bridgehead atoms. The molecule has 1 atom stereocenters. The molecule has 16 heavy (non-hydrogen) atoms. The highest BCUT2D eigenvalue weighted by atomic mass is 79.9. The molecule has 90 valence electrons. The van der Waals surface area contributed by atoms with Crippen LogP contribution in [0.25, 0.3) is 0 Å². The van der Waals surface area contributed by atoms with Gasteiger partial charge in [-0.25, -0.2) is 0 Å². The largest absolute Gasteiger partial charge is 0.324 e. The molecule has 1 aromatic carbocycles. The van der Waals surface area contributed by atoms with Gasteiger partial charge in [0, 0.05) is 15.5 Å². The van der Waals surface area contributed by atoms with Crippen molar-refractivity contribution >= 4 is 27.5 Å². The molecule has 0 aliphatic rings. The van der Waals surface area contributed by atoms with Gasteiger partial charge in [-0.2, -0.15) is 0 Å². The number of hydrogen-bond acceptors (Lipinski definition) is 1. The first-order chi connectivity index (χ1) is 7.50. The molecule has 0 aliphatic heterocycles. The summed E-state index contributed by atoms with van der Waals surface area (Å²) in [6, 6.07) is 5.90. The van der Waals surface area contributed by atoms with Crippen LogP contribution >= 0.6 is 27.5 Å². The van der Waals surface area contributed by atoms with Gasteiger partial charge in [-0.05, 0) is 30.0 Å². The third kappa shape index (κ3) is 4.44. The normalized spacial score (nSPS) is 13.1. The molecule has 3 heteroatoms. The van der Waals surface area contributed by atoms with Gasteiger partial charge < -0.3 is 5.73 Å².